The third kappa shape index (κ3) is 6.00. The van der Waals surface area contributed by atoms with Gasteiger partial charge in [0.05, 0.1) is 16.4 Å². The number of hydrogen-bond donors (Lipinski definition) is 1. The van der Waals surface area contributed by atoms with Crippen molar-refractivity contribution in [1.29, 1.82) is 0 Å². The minimum Gasteiger partial charge on any atom is -0.325 e. The number of carbonyl (C=O) groups excluding carboxylic acids is 2. The molecule has 1 aliphatic rings. The van der Waals surface area contributed by atoms with Crippen LogP contribution in [0.25, 0.3) is 0 Å². The van der Waals surface area contributed by atoms with Crippen molar-refractivity contribution in [2.75, 3.05) is 11.9 Å². The standard InChI is InChI=1S/C25H21ClFN3O2S/c26-20-8-4-5-9-21(20)29-23(31)16-22-24(32)30(15-14-17-10-12-18(27)13-11-17)25(33-22)28-19-6-2-1-3-7-19/h1-13,22H,14-16H2,(H,29,31)/t22-/m0/s1. The first kappa shape index (κ1) is 23.0. The zero-order valence-corrected chi connectivity index (χ0v) is 19.2. The Bertz CT molecular complexity index is 1170. The molecule has 1 aliphatic heterocycles. The van der Waals surface area contributed by atoms with Crippen LogP contribution in [0.1, 0.15) is 12.0 Å². The van der Waals surface area contributed by atoms with Crippen LogP contribution in [0, 0.1) is 5.82 Å². The highest BCUT2D eigenvalue weighted by Crippen LogP contribution is 2.32. The van der Waals surface area contributed by atoms with Gasteiger partial charge >= 0.3 is 0 Å². The first-order chi connectivity index (χ1) is 16.0. The molecule has 1 heterocycles. The molecule has 0 aromatic heterocycles. The highest BCUT2D eigenvalue weighted by molar-refractivity contribution is 8.15. The minimum atomic E-state index is -0.594. The van der Waals surface area contributed by atoms with Gasteiger partial charge < -0.3 is 5.32 Å². The van der Waals surface area contributed by atoms with Crippen molar-refractivity contribution in [3.63, 3.8) is 0 Å². The van der Waals surface area contributed by atoms with Crippen LogP contribution in [0.5, 0.6) is 0 Å². The maximum absolute atomic E-state index is 13.2. The highest BCUT2D eigenvalue weighted by atomic mass is 35.5. The van der Waals surface area contributed by atoms with E-state index in [1.165, 1.54) is 23.9 Å². The predicted octanol–water partition coefficient (Wildman–Crippen LogP) is 5.68. The number of halogens is 2. The summed E-state index contributed by atoms with van der Waals surface area (Å²) >= 11 is 7.40. The van der Waals surface area contributed by atoms with Crippen molar-refractivity contribution in [3.05, 3.63) is 95.3 Å². The summed E-state index contributed by atoms with van der Waals surface area (Å²) in [6, 6.07) is 22.5. The maximum Gasteiger partial charge on any atom is 0.242 e. The zero-order valence-electron chi connectivity index (χ0n) is 17.6. The van der Waals surface area contributed by atoms with E-state index < -0.39 is 5.25 Å². The van der Waals surface area contributed by atoms with Crippen molar-refractivity contribution in [2.24, 2.45) is 4.99 Å². The summed E-state index contributed by atoms with van der Waals surface area (Å²) in [4.78, 5) is 32.1. The van der Waals surface area contributed by atoms with Crippen LogP contribution in [-0.4, -0.2) is 33.7 Å². The molecule has 5 nitrogen and oxygen atoms in total. The van der Waals surface area contributed by atoms with Gasteiger partial charge in [0.15, 0.2) is 5.17 Å². The SMILES string of the molecule is O=C(C[C@@H]1SC(=Nc2ccccc2)N(CCc2ccc(F)cc2)C1=O)Nc1ccccc1Cl. The van der Waals surface area contributed by atoms with Gasteiger partial charge in [0.2, 0.25) is 11.8 Å². The summed E-state index contributed by atoms with van der Waals surface area (Å²) in [5, 5.41) is 3.15. The second-order valence-electron chi connectivity index (χ2n) is 7.43. The third-order valence-electron chi connectivity index (χ3n) is 5.06. The van der Waals surface area contributed by atoms with Gasteiger partial charge in [-0.25, -0.2) is 9.38 Å². The van der Waals surface area contributed by atoms with Gasteiger partial charge in [-0.15, -0.1) is 0 Å². The van der Waals surface area contributed by atoms with Gasteiger partial charge in [0.25, 0.3) is 0 Å². The van der Waals surface area contributed by atoms with Gasteiger partial charge in [0, 0.05) is 13.0 Å². The predicted molar refractivity (Wildman–Crippen MR) is 131 cm³/mol. The topological polar surface area (TPSA) is 61.8 Å². The Morgan fingerprint density at radius 1 is 1.03 bits per heavy atom. The summed E-state index contributed by atoms with van der Waals surface area (Å²) in [5.41, 5.74) is 2.14. The number of rotatable bonds is 7. The van der Waals surface area contributed by atoms with Crippen molar-refractivity contribution >= 4 is 51.7 Å². The van der Waals surface area contributed by atoms with Gasteiger partial charge in [0.1, 0.15) is 11.1 Å². The molecule has 2 amide bonds. The molecule has 33 heavy (non-hydrogen) atoms. The Hall–Kier alpha value is -3.16. The van der Waals surface area contributed by atoms with E-state index in [1.807, 2.05) is 30.3 Å². The average Bonchev–Trinajstić information content (AvgIpc) is 3.09. The van der Waals surface area contributed by atoms with E-state index in [0.717, 1.165) is 11.3 Å². The van der Waals surface area contributed by atoms with Crippen LogP contribution in [0.15, 0.2) is 83.9 Å². The molecule has 0 bridgehead atoms. The van der Waals surface area contributed by atoms with Crippen LogP contribution in [0.4, 0.5) is 15.8 Å². The van der Waals surface area contributed by atoms with Gasteiger partial charge in [-0.3, -0.25) is 14.5 Å². The number of hydrogen-bond acceptors (Lipinski definition) is 4. The molecule has 1 atom stereocenters. The number of anilines is 1. The number of para-hydroxylation sites is 2. The van der Waals surface area contributed by atoms with Crippen molar-refractivity contribution in [1.82, 2.24) is 4.90 Å². The van der Waals surface area contributed by atoms with Gasteiger partial charge in [-0.2, -0.15) is 0 Å². The summed E-state index contributed by atoms with van der Waals surface area (Å²) in [5.74, 6) is -0.776. The first-order valence-corrected chi connectivity index (χ1v) is 11.7. The van der Waals surface area contributed by atoms with Crippen LogP contribution in [0.3, 0.4) is 0 Å². The fourth-order valence-corrected chi connectivity index (χ4v) is 4.73. The van der Waals surface area contributed by atoms with E-state index in [4.69, 9.17) is 11.6 Å². The maximum atomic E-state index is 13.2. The highest BCUT2D eigenvalue weighted by Gasteiger charge is 2.39. The Morgan fingerprint density at radius 2 is 1.73 bits per heavy atom. The fourth-order valence-electron chi connectivity index (χ4n) is 3.37. The Labute approximate surface area is 200 Å². The Kier molecular flexibility index (Phi) is 7.42. The number of nitrogens with zero attached hydrogens (tertiary/aromatic N) is 2. The van der Waals surface area contributed by atoms with Crippen LogP contribution in [0.2, 0.25) is 5.02 Å². The minimum absolute atomic E-state index is 0.00438. The lowest BCUT2D eigenvalue weighted by Gasteiger charge is -2.16. The summed E-state index contributed by atoms with van der Waals surface area (Å²) < 4.78 is 13.2. The lowest BCUT2D eigenvalue weighted by molar-refractivity contribution is -0.128. The summed E-state index contributed by atoms with van der Waals surface area (Å²) in [7, 11) is 0. The van der Waals surface area contributed by atoms with Crippen LogP contribution < -0.4 is 5.32 Å². The zero-order chi connectivity index (χ0) is 23.2. The van der Waals surface area contributed by atoms with Gasteiger partial charge in [-0.05, 0) is 48.4 Å². The summed E-state index contributed by atoms with van der Waals surface area (Å²) in [6.45, 7) is 0.381. The molecule has 0 unspecified atom stereocenters. The number of amidine groups is 1. The van der Waals surface area contributed by atoms with Crippen molar-refractivity contribution in [3.8, 4) is 0 Å². The molecule has 1 N–H and O–H groups in total. The lowest BCUT2D eigenvalue weighted by atomic mass is 10.1. The lowest BCUT2D eigenvalue weighted by Crippen LogP contribution is -2.35. The molecule has 0 spiro atoms. The van der Waals surface area contributed by atoms with Crippen molar-refractivity contribution in [2.45, 2.75) is 18.1 Å². The van der Waals surface area contributed by atoms with E-state index in [0.29, 0.717) is 28.8 Å². The molecule has 0 aliphatic carbocycles. The van der Waals surface area contributed by atoms with E-state index in [1.54, 1.807) is 41.3 Å². The molecule has 0 radical (unpaired) electrons. The number of thioether (sulfide) groups is 1. The molecule has 3 aromatic carbocycles. The largest absolute Gasteiger partial charge is 0.325 e. The fraction of sp³-hybridized carbons (Fsp3) is 0.160. The number of carbonyl (C=O) groups is 2. The normalized spacial score (nSPS) is 16.9. The number of amides is 2. The Morgan fingerprint density at radius 3 is 2.45 bits per heavy atom. The van der Waals surface area contributed by atoms with E-state index in [-0.39, 0.29) is 24.1 Å². The molecule has 0 saturated carbocycles. The summed E-state index contributed by atoms with van der Waals surface area (Å²) in [6.07, 6.45) is 0.536. The van der Waals surface area contributed by atoms with Crippen molar-refractivity contribution < 1.29 is 14.0 Å². The number of aliphatic imine (C=N–C) groups is 1. The monoisotopic (exact) mass is 481 g/mol. The van der Waals surface area contributed by atoms with E-state index in [2.05, 4.69) is 10.3 Å². The second-order valence-corrected chi connectivity index (χ2v) is 9.01. The van der Waals surface area contributed by atoms with Gasteiger partial charge in [-0.1, -0.05) is 65.8 Å². The quantitative estimate of drug-likeness (QED) is 0.472. The molecule has 8 heteroatoms. The van der Waals surface area contributed by atoms with Crippen LogP contribution in [-0.2, 0) is 16.0 Å². The third-order valence-corrected chi connectivity index (χ3v) is 6.56. The number of benzene rings is 3. The van der Waals surface area contributed by atoms with E-state index in [9.17, 15) is 14.0 Å². The molecular weight excluding hydrogens is 461 g/mol. The second kappa shape index (κ2) is 10.6. The first-order valence-electron chi connectivity index (χ1n) is 10.4. The smallest absolute Gasteiger partial charge is 0.242 e. The molecule has 1 fully saturated rings. The molecule has 3 aromatic rings. The van der Waals surface area contributed by atoms with Crippen LogP contribution >= 0.6 is 23.4 Å². The molecule has 168 valence electrons. The number of nitrogens with one attached hydrogen (secondary N) is 1. The Balaban J connectivity index is 1.49. The average molecular weight is 482 g/mol. The van der Waals surface area contributed by atoms with E-state index >= 15 is 0 Å². The molecular formula is C25H21ClFN3O2S. The molecule has 1 saturated heterocycles. The molecule has 4 rings (SSSR count).